The molecular weight excluding hydrogens is 302 g/mol. The van der Waals surface area contributed by atoms with Gasteiger partial charge in [-0.25, -0.2) is 4.98 Å². The van der Waals surface area contributed by atoms with Gasteiger partial charge < -0.3 is 14.7 Å². The summed E-state index contributed by atoms with van der Waals surface area (Å²) in [5.74, 6) is 0.685. The highest BCUT2D eigenvalue weighted by Crippen LogP contribution is 2.25. The third-order valence-electron chi connectivity index (χ3n) is 4.92. The van der Waals surface area contributed by atoms with Crippen LogP contribution in [0.2, 0.25) is 0 Å². The molecule has 2 heterocycles. The Labute approximate surface area is 143 Å². The van der Waals surface area contributed by atoms with Gasteiger partial charge in [-0.1, -0.05) is 18.2 Å². The van der Waals surface area contributed by atoms with Crippen LogP contribution in [0.15, 0.2) is 30.3 Å². The van der Waals surface area contributed by atoms with E-state index in [0.29, 0.717) is 18.5 Å². The number of piperidine rings is 1. The van der Waals surface area contributed by atoms with Gasteiger partial charge in [0.25, 0.3) is 0 Å². The quantitative estimate of drug-likeness (QED) is 0.880. The van der Waals surface area contributed by atoms with E-state index < -0.39 is 0 Å². The van der Waals surface area contributed by atoms with Crippen LogP contribution < -0.4 is 4.74 Å². The minimum absolute atomic E-state index is 0.176. The molecule has 0 bridgehead atoms. The summed E-state index contributed by atoms with van der Waals surface area (Å²) in [5.41, 5.74) is 2.04. The van der Waals surface area contributed by atoms with Crippen molar-refractivity contribution < 1.29 is 9.84 Å². The molecule has 5 heteroatoms. The Morgan fingerprint density at radius 1 is 1.29 bits per heavy atom. The number of hydrogen-bond donors (Lipinski definition) is 1. The smallest absolute Gasteiger partial charge is 0.218 e. The number of likely N-dealkylation sites (tertiary alicyclic amines) is 1. The van der Waals surface area contributed by atoms with E-state index in [9.17, 15) is 5.11 Å². The van der Waals surface area contributed by atoms with Crippen molar-refractivity contribution in [3.8, 4) is 5.88 Å². The molecule has 1 saturated heterocycles. The van der Waals surface area contributed by atoms with Crippen molar-refractivity contribution in [2.24, 2.45) is 0 Å². The highest BCUT2D eigenvalue weighted by Gasteiger charge is 2.24. The number of hydrogen-bond acceptors (Lipinski definition) is 5. The van der Waals surface area contributed by atoms with E-state index in [1.165, 1.54) is 0 Å². The van der Waals surface area contributed by atoms with E-state index in [2.05, 4.69) is 34.0 Å². The van der Waals surface area contributed by atoms with Crippen LogP contribution in [-0.4, -0.2) is 66.3 Å². The van der Waals surface area contributed by atoms with E-state index in [0.717, 1.165) is 48.9 Å². The highest BCUT2D eigenvalue weighted by atomic mass is 16.5. The van der Waals surface area contributed by atoms with Crippen molar-refractivity contribution in [1.29, 1.82) is 0 Å². The van der Waals surface area contributed by atoms with Crippen molar-refractivity contribution in [3.63, 3.8) is 0 Å². The summed E-state index contributed by atoms with van der Waals surface area (Å²) >= 11 is 0. The topological polar surface area (TPSA) is 48.8 Å². The van der Waals surface area contributed by atoms with E-state index >= 15 is 0 Å². The molecule has 1 aliphatic heterocycles. The second kappa shape index (κ2) is 7.92. The third kappa shape index (κ3) is 3.86. The van der Waals surface area contributed by atoms with E-state index in [1.807, 2.05) is 18.2 Å². The normalized spacial score (nSPS) is 16.8. The summed E-state index contributed by atoms with van der Waals surface area (Å²) in [5, 5.41) is 10.6. The van der Waals surface area contributed by atoms with Gasteiger partial charge in [0, 0.05) is 30.1 Å². The Morgan fingerprint density at radius 3 is 2.75 bits per heavy atom. The van der Waals surface area contributed by atoms with Gasteiger partial charge in [0.05, 0.1) is 19.2 Å². The van der Waals surface area contributed by atoms with Gasteiger partial charge in [0.1, 0.15) is 0 Å². The molecule has 1 N–H and O–H groups in total. The van der Waals surface area contributed by atoms with Crippen LogP contribution in [0.5, 0.6) is 5.88 Å². The molecule has 0 unspecified atom stereocenters. The van der Waals surface area contributed by atoms with Crippen LogP contribution >= 0.6 is 0 Å². The Morgan fingerprint density at radius 2 is 2.04 bits per heavy atom. The average Bonchev–Trinajstić information content (AvgIpc) is 2.61. The van der Waals surface area contributed by atoms with Gasteiger partial charge in [-0.2, -0.15) is 0 Å². The first kappa shape index (κ1) is 17.1. The summed E-state index contributed by atoms with van der Waals surface area (Å²) in [6.07, 6.45) is 2.28. The molecule has 1 aromatic carbocycles. The van der Waals surface area contributed by atoms with Gasteiger partial charge in [-0.05, 0) is 45.1 Å². The van der Waals surface area contributed by atoms with Crippen molar-refractivity contribution in [1.82, 2.24) is 14.8 Å². The van der Waals surface area contributed by atoms with Crippen molar-refractivity contribution in [2.45, 2.75) is 25.4 Å². The summed E-state index contributed by atoms with van der Waals surface area (Å²) in [6.45, 7) is 3.84. The van der Waals surface area contributed by atoms with Crippen molar-refractivity contribution in [2.75, 3.05) is 40.4 Å². The molecular formula is C19H27N3O2. The Balaban J connectivity index is 1.84. The zero-order chi connectivity index (χ0) is 16.9. The van der Waals surface area contributed by atoms with Crippen LogP contribution in [0.25, 0.3) is 10.9 Å². The minimum Gasteiger partial charge on any atom is -0.481 e. The molecule has 1 aromatic heterocycles. The van der Waals surface area contributed by atoms with Crippen LogP contribution in [0, 0.1) is 0 Å². The Hall–Kier alpha value is -1.69. The number of nitrogens with zero attached hydrogens (tertiary/aromatic N) is 3. The maximum Gasteiger partial charge on any atom is 0.218 e. The second-order valence-electron chi connectivity index (χ2n) is 6.58. The van der Waals surface area contributed by atoms with Gasteiger partial charge in [-0.3, -0.25) is 4.90 Å². The SMILES string of the molecule is COc1nc2ccccc2cc1CN(CCO)C1CCN(C)CC1. The molecule has 1 fully saturated rings. The maximum atomic E-state index is 9.50. The number of aliphatic hydroxyl groups is 1. The summed E-state index contributed by atoms with van der Waals surface area (Å²) in [7, 11) is 3.84. The number of methoxy groups -OCH3 is 1. The molecule has 3 rings (SSSR count). The molecule has 0 aliphatic carbocycles. The first-order valence-corrected chi connectivity index (χ1v) is 8.67. The molecule has 2 aromatic rings. The molecule has 0 atom stereocenters. The zero-order valence-corrected chi connectivity index (χ0v) is 14.6. The number of benzene rings is 1. The largest absolute Gasteiger partial charge is 0.481 e. The van der Waals surface area contributed by atoms with Crippen molar-refractivity contribution >= 4 is 10.9 Å². The second-order valence-corrected chi connectivity index (χ2v) is 6.58. The molecule has 24 heavy (non-hydrogen) atoms. The lowest BCUT2D eigenvalue weighted by molar-refractivity contribution is 0.0933. The predicted octanol–water partition coefficient (Wildman–Crippen LogP) is 2.13. The fourth-order valence-corrected chi connectivity index (χ4v) is 3.53. The van der Waals surface area contributed by atoms with Crippen LogP contribution in [0.3, 0.4) is 0 Å². The molecule has 0 amide bonds. The number of aliphatic hydroxyl groups excluding tert-OH is 1. The summed E-state index contributed by atoms with van der Waals surface area (Å²) in [6, 6.07) is 10.8. The average molecular weight is 329 g/mol. The number of rotatable bonds is 6. The standard InChI is InChI=1S/C19H27N3O2/c1-21-9-7-17(8-10-21)22(11-12-23)14-16-13-15-5-3-4-6-18(15)20-19(16)24-2/h3-6,13,17,23H,7-12,14H2,1-2H3. The lowest BCUT2D eigenvalue weighted by atomic mass is 10.0. The number of ether oxygens (including phenoxy) is 1. The van der Waals surface area contributed by atoms with Gasteiger partial charge in [-0.15, -0.1) is 0 Å². The molecule has 0 saturated carbocycles. The van der Waals surface area contributed by atoms with Crippen LogP contribution in [-0.2, 0) is 6.54 Å². The number of aromatic nitrogens is 1. The van der Waals surface area contributed by atoms with Crippen LogP contribution in [0.4, 0.5) is 0 Å². The van der Waals surface area contributed by atoms with E-state index in [-0.39, 0.29) is 6.61 Å². The fraction of sp³-hybridized carbons (Fsp3) is 0.526. The third-order valence-corrected chi connectivity index (χ3v) is 4.92. The molecule has 5 nitrogen and oxygen atoms in total. The molecule has 130 valence electrons. The predicted molar refractivity (Wildman–Crippen MR) is 96.3 cm³/mol. The highest BCUT2D eigenvalue weighted by molar-refractivity contribution is 5.80. The van der Waals surface area contributed by atoms with E-state index in [1.54, 1.807) is 7.11 Å². The lowest BCUT2D eigenvalue weighted by Crippen LogP contribution is -2.44. The number of para-hydroxylation sites is 1. The number of fused-ring (bicyclic) bond motifs is 1. The molecule has 1 aliphatic rings. The number of pyridine rings is 1. The van der Waals surface area contributed by atoms with E-state index in [4.69, 9.17) is 4.74 Å². The van der Waals surface area contributed by atoms with Gasteiger partial charge in [0.15, 0.2) is 0 Å². The molecule has 0 spiro atoms. The van der Waals surface area contributed by atoms with Gasteiger partial charge >= 0.3 is 0 Å². The first-order chi connectivity index (χ1) is 11.7. The van der Waals surface area contributed by atoms with Gasteiger partial charge in [0.2, 0.25) is 5.88 Å². The van der Waals surface area contributed by atoms with Crippen LogP contribution in [0.1, 0.15) is 18.4 Å². The monoisotopic (exact) mass is 329 g/mol. The molecule has 0 radical (unpaired) electrons. The van der Waals surface area contributed by atoms with Crippen molar-refractivity contribution in [3.05, 3.63) is 35.9 Å². The maximum absolute atomic E-state index is 9.50. The lowest BCUT2D eigenvalue weighted by Gasteiger charge is -2.37. The zero-order valence-electron chi connectivity index (χ0n) is 14.6. The first-order valence-electron chi connectivity index (χ1n) is 8.67. The summed E-state index contributed by atoms with van der Waals surface area (Å²) < 4.78 is 5.53. The Kier molecular flexibility index (Phi) is 5.66. The fourth-order valence-electron chi connectivity index (χ4n) is 3.53. The Bertz CT molecular complexity index is 669. The summed E-state index contributed by atoms with van der Waals surface area (Å²) in [4.78, 5) is 9.39. The minimum atomic E-state index is 0.176.